The fourth-order valence-corrected chi connectivity index (χ4v) is 8.98. The molecule has 4 nitrogen and oxygen atoms in total. The number of hydrogen-bond acceptors (Lipinski definition) is 3. The summed E-state index contributed by atoms with van der Waals surface area (Å²) in [6.45, 7) is 4.31. The maximum absolute atomic E-state index is 12.4. The van der Waals surface area contributed by atoms with Gasteiger partial charge in [-0.1, -0.05) is 294 Å². The fraction of sp³-hybridized carbons (Fsp3) is 0.881. The summed E-state index contributed by atoms with van der Waals surface area (Å²) in [6.07, 6.45) is 74.7. The van der Waals surface area contributed by atoms with Gasteiger partial charge in [0.15, 0.2) is 0 Å². The van der Waals surface area contributed by atoms with E-state index >= 15 is 0 Å². The van der Waals surface area contributed by atoms with E-state index in [1.807, 2.05) is 6.08 Å². The molecule has 0 saturated carbocycles. The number of allylic oxidation sites excluding steroid dienone is 5. The molecular weight excluding hydrogens is 771 g/mol. The van der Waals surface area contributed by atoms with Crippen molar-refractivity contribution in [1.29, 1.82) is 0 Å². The van der Waals surface area contributed by atoms with Crippen LogP contribution in [0.1, 0.15) is 316 Å². The lowest BCUT2D eigenvalue weighted by atomic mass is 10.0. The molecule has 4 heteroatoms. The van der Waals surface area contributed by atoms with Crippen molar-refractivity contribution in [3.8, 4) is 0 Å². The molecule has 0 fully saturated rings. The van der Waals surface area contributed by atoms with Gasteiger partial charge in [-0.15, -0.1) is 0 Å². The Hall–Kier alpha value is -1.39. The van der Waals surface area contributed by atoms with Gasteiger partial charge >= 0.3 is 0 Å². The third-order valence-corrected chi connectivity index (χ3v) is 13.4. The average molecular weight is 885 g/mol. The van der Waals surface area contributed by atoms with Crippen molar-refractivity contribution in [2.75, 3.05) is 6.61 Å². The van der Waals surface area contributed by atoms with Crippen molar-refractivity contribution in [2.24, 2.45) is 0 Å². The smallest absolute Gasteiger partial charge is 0.220 e. The molecule has 1 amide bonds. The van der Waals surface area contributed by atoms with Gasteiger partial charge in [0.25, 0.3) is 0 Å². The van der Waals surface area contributed by atoms with E-state index in [2.05, 4.69) is 43.5 Å². The van der Waals surface area contributed by atoms with Crippen molar-refractivity contribution < 1.29 is 15.0 Å². The Morgan fingerprint density at radius 3 is 0.952 bits per heavy atom. The quantitative estimate of drug-likeness (QED) is 0.0421. The number of rotatable bonds is 53. The van der Waals surface area contributed by atoms with Crippen molar-refractivity contribution in [1.82, 2.24) is 5.32 Å². The summed E-state index contributed by atoms with van der Waals surface area (Å²) >= 11 is 0. The van der Waals surface area contributed by atoms with Gasteiger partial charge in [-0.3, -0.25) is 4.79 Å². The van der Waals surface area contributed by atoms with Crippen LogP contribution in [-0.4, -0.2) is 34.9 Å². The fourth-order valence-electron chi connectivity index (χ4n) is 8.98. The summed E-state index contributed by atoms with van der Waals surface area (Å²) < 4.78 is 0. The Morgan fingerprint density at radius 1 is 0.381 bits per heavy atom. The largest absolute Gasteiger partial charge is 0.394 e. The highest BCUT2D eigenvalue weighted by Crippen LogP contribution is 2.17. The van der Waals surface area contributed by atoms with E-state index in [-0.39, 0.29) is 12.5 Å². The summed E-state index contributed by atoms with van der Waals surface area (Å²) in [7, 11) is 0. The van der Waals surface area contributed by atoms with E-state index in [9.17, 15) is 15.0 Å². The van der Waals surface area contributed by atoms with Crippen LogP contribution in [0.5, 0.6) is 0 Å². The van der Waals surface area contributed by atoms with Gasteiger partial charge in [0.1, 0.15) is 0 Å². The number of nitrogens with one attached hydrogen (secondary N) is 1. The Bertz CT molecular complexity index is 958. The van der Waals surface area contributed by atoms with Gasteiger partial charge in [0, 0.05) is 6.42 Å². The summed E-state index contributed by atoms with van der Waals surface area (Å²) in [5.41, 5.74) is 0. The van der Waals surface area contributed by atoms with Crippen LogP contribution in [0.2, 0.25) is 0 Å². The Labute approximate surface area is 395 Å². The first-order chi connectivity index (χ1) is 31.2. The number of unbranched alkanes of at least 4 members (excludes halogenated alkanes) is 42. The second-order valence-corrected chi connectivity index (χ2v) is 19.7. The van der Waals surface area contributed by atoms with Gasteiger partial charge in [0.2, 0.25) is 5.91 Å². The molecule has 0 aliphatic rings. The molecule has 372 valence electrons. The van der Waals surface area contributed by atoms with Gasteiger partial charge in [-0.05, 0) is 51.4 Å². The number of amides is 1. The van der Waals surface area contributed by atoms with E-state index in [0.29, 0.717) is 6.42 Å². The summed E-state index contributed by atoms with van der Waals surface area (Å²) in [5.74, 6) is -0.0595. The molecule has 0 spiro atoms. The minimum atomic E-state index is -0.835. The SMILES string of the molecule is CCCCCCC/C=C\C/C=C\CCCCCCCCCCCCCCCCCCCCCCCCCCCCCC(=O)NC(CO)C(O)/C=C/CCCCCCCCCCCC. The molecule has 0 saturated heterocycles. The van der Waals surface area contributed by atoms with Crippen LogP contribution in [0.15, 0.2) is 36.5 Å². The maximum atomic E-state index is 12.4. The number of hydrogen-bond donors (Lipinski definition) is 3. The van der Waals surface area contributed by atoms with E-state index in [1.165, 1.54) is 263 Å². The van der Waals surface area contributed by atoms with Gasteiger partial charge in [0.05, 0.1) is 18.8 Å². The van der Waals surface area contributed by atoms with Crippen molar-refractivity contribution in [3.63, 3.8) is 0 Å². The van der Waals surface area contributed by atoms with Crippen LogP contribution < -0.4 is 5.32 Å². The molecule has 0 aliphatic heterocycles. The topological polar surface area (TPSA) is 69.6 Å². The van der Waals surface area contributed by atoms with E-state index < -0.39 is 12.1 Å². The molecule has 0 radical (unpaired) electrons. The zero-order valence-electron chi connectivity index (χ0n) is 42.9. The van der Waals surface area contributed by atoms with Crippen LogP contribution >= 0.6 is 0 Å². The zero-order chi connectivity index (χ0) is 45.6. The molecule has 3 N–H and O–H groups in total. The van der Waals surface area contributed by atoms with Crippen LogP contribution in [0.4, 0.5) is 0 Å². The maximum Gasteiger partial charge on any atom is 0.220 e. The first kappa shape index (κ1) is 61.6. The number of aliphatic hydroxyl groups excluding tert-OH is 2. The lowest BCUT2D eigenvalue weighted by Gasteiger charge is -2.20. The van der Waals surface area contributed by atoms with Gasteiger partial charge < -0.3 is 15.5 Å². The Morgan fingerprint density at radius 2 is 0.651 bits per heavy atom. The highest BCUT2D eigenvalue weighted by Gasteiger charge is 2.18. The molecule has 0 aromatic heterocycles. The highest BCUT2D eigenvalue weighted by molar-refractivity contribution is 5.76. The Balaban J connectivity index is 3.36. The van der Waals surface area contributed by atoms with Crippen LogP contribution in [0.3, 0.4) is 0 Å². The van der Waals surface area contributed by atoms with E-state index in [1.54, 1.807) is 6.08 Å². The van der Waals surface area contributed by atoms with Crippen molar-refractivity contribution >= 4 is 5.91 Å². The molecule has 0 heterocycles. The molecule has 0 aromatic rings. The second kappa shape index (κ2) is 54.9. The molecule has 2 atom stereocenters. The van der Waals surface area contributed by atoms with Crippen molar-refractivity contribution in [3.05, 3.63) is 36.5 Å². The zero-order valence-corrected chi connectivity index (χ0v) is 42.9. The van der Waals surface area contributed by atoms with Crippen LogP contribution in [-0.2, 0) is 4.79 Å². The summed E-state index contributed by atoms with van der Waals surface area (Å²) in [4.78, 5) is 12.4. The lowest BCUT2D eigenvalue weighted by Crippen LogP contribution is -2.45. The molecule has 2 unspecified atom stereocenters. The Kier molecular flexibility index (Phi) is 53.7. The monoisotopic (exact) mass is 884 g/mol. The van der Waals surface area contributed by atoms with Crippen LogP contribution in [0.25, 0.3) is 0 Å². The third kappa shape index (κ3) is 51.5. The van der Waals surface area contributed by atoms with E-state index in [0.717, 1.165) is 32.1 Å². The van der Waals surface area contributed by atoms with Gasteiger partial charge in [-0.25, -0.2) is 0 Å². The molecule has 0 aliphatic carbocycles. The first-order valence-corrected chi connectivity index (χ1v) is 28.7. The van der Waals surface area contributed by atoms with E-state index in [4.69, 9.17) is 0 Å². The standard InChI is InChI=1S/C59H113NO3/c1-3-5-7-9-11-13-15-17-18-19-20-21-22-23-24-25-26-27-28-29-30-31-32-33-34-35-36-37-38-39-40-41-42-43-45-47-49-51-53-55-59(63)60-57(56-61)58(62)54-52-50-48-46-44-16-14-12-10-8-6-4-2/h15,17,19-20,52,54,57-58,61-62H,3-14,16,18,21-51,53,55-56H2,1-2H3,(H,60,63)/b17-15-,20-19-,54-52+. The predicted octanol–water partition coefficient (Wildman–Crippen LogP) is 18.9. The minimum absolute atomic E-state index is 0.0595. The minimum Gasteiger partial charge on any atom is -0.394 e. The average Bonchev–Trinajstić information content (AvgIpc) is 3.29. The summed E-state index contributed by atoms with van der Waals surface area (Å²) in [5, 5.41) is 23.0. The first-order valence-electron chi connectivity index (χ1n) is 28.7. The highest BCUT2D eigenvalue weighted by atomic mass is 16.3. The molecular formula is C59H113NO3. The van der Waals surface area contributed by atoms with Crippen molar-refractivity contribution in [2.45, 2.75) is 328 Å². The molecule has 0 rings (SSSR count). The number of carbonyl (C=O) groups is 1. The number of carbonyl (C=O) groups excluding carboxylic acids is 1. The number of aliphatic hydroxyl groups is 2. The molecule has 0 aromatic carbocycles. The molecule has 63 heavy (non-hydrogen) atoms. The normalized spacial score (nSPS) is 13.0. The summed E-state index contributed by atoms with van der Waals surface area (Å²) in [6, 6.07) is -0.618. The third-order valence-electron chi connectivity index (χ3n) is 13.4. The molecule has 0 bridgehead atoms. The predicted molar refractivity (Wildman–Crippen MR) is 281 cm³/mol. The lowest BCUT2D eigenvalue weighted by molar-refractivity contribution is -0.123. The van der Waals surface area contributed by atoms with Crippen LogP contribution in [0, 0.1) is 0 Å². The second-order valence-electron chi connectivity index (χ2n) is 19.7. The van der Waals surface area contributed by atoms with Gasteiger partial charge in [-0.2, -0.15) is 0 Å².